The van der Waals surface area contributed by atoms with E-state index in [0.29, 0.717) is 12.1 Å². The second-order valence-corrected chi connectivity index (χ2v) is 3.52. The van der Waals surface area contributed by atoms with Crippen LogP contribution < -0.4 is 5.32 Å². The van der Waals surface area contributed by atoms with Crippen molar-refractivity contribution in [3.05, 3.63) is 36.0 Å². The molecule has 4 nitrogen and oxygen atoms in total. The Morgan fingerprint density at radius 1 is 1.50 bits per heavy atom. The summed E-state index contributed by atoms with van der Waals surface area (Å²) in [5, 5.41) is 12.4. The molecule has 3 N–H and O–H groups in total. The molecular formula is C12H13N2O2. The lowest BCUT2D eigenvalue weighted by Gasteiger charge is -2.02. The van der Waals surface area contributed by atoms with E-state index in [9.17, 15) is 4.79 Å². The van der Waals surface area contributed by atoms with Crippen LogP contribution in [0, 0.1) is 6.07 Å². The van der Waals surface area contributed by atoms with Crippen molar-refractivity contribution in [1.82, 2.24) is 10.3 Å². The SMILES string of the molecule is O=C(CNCCO)c1ccc2[c]c[nH]c2c1. The normalized spacial score (nSPS) is 10.8. The van der Waals surface area contributed by atoms with Gasteiger partial charge in [-0.05, 0) is 6.07 Å². The van der Waals surface area contributed by atoms with Crippen molar-refractivity contribution in [2.45, 2.75) is 0 Å². The molecule has 83 valence electrons. The van der Waals surface area contributed by atoms with Crippen molar-refractivity contribution in [2.24, 2.45) is 0 Å². The molecule has 1 aromatic carbocycles. The highest BCUT2D eigenvalue weighted by molar-refractivity contribution is 6.00. The maximum absolute atomic E-state index is 11.7. The van der Waals surface area contributed by atoms with Crippen LogP contribution in [-0.4, -0.2) is 35.6 Å². The van der Waals surface area contributed by atoms with Gasteiger partial charge in [0.2, 0.25) is 0 Å². The highest BCUT2D eigenvalue weighted by Crippen LogP contribution is 2.13. The molecule has 0 aliphatic heterocycles. The molecular weight excluding hydrogens is 204 g/mol. The third-order valence-electron chi connectivity index (χ3n) is 2.37. The first-order chi connectivity index (χ1) is 7.81. The van der Waals surface area contributed by atoms with Crippen LogP contribution in [0.2, 0.25) is 0 Å². The predicted molar refractivity (Wildman–Crippen MR) is 61.4 cm³/mol. The van der Waals surface area contributed by atoms with Crippen molar-refractivity contribution >= 4 is 16.7 Å². The number of aromatic amines is 1. The summed E-state index contributed by atoms with van der Waals surface area (Å²) in [7, 11) is 0. The topological polar surface area (TPSA) is 65.1 Å². The van der Waals surface area contributed by atoms with E-state index in [2.05, 4.69) is 16.4 Å². The van der Waals surface area contributed by atoms with Gasteiger partial charge >= 0.3 is 0 Å². The summed E-state index contributed by atoms with van der Waals surface area (Å²) >= 11 is 0. The van der Waals surface area contributed by atoms with Crippen LogP contribution in [0.25, 0.3) is 10.9 Å². The van der Waals surface area contributed by atoms with E-state index < -0.39 is 0 Å². The first-order valence-electron chi connectivity index (χ1n) is 5.15. The van der Waals surface area contributed by atoms with Crippen LogP contribution in [0.5, 0.6) is 0 Å². The van der Waals surface area contributed by atoms with Crippen LogP contribution in [0.4, 0.5) is 0 Å². The number of rotatable bonds is 5. The molecule has 1 aromatic heterocycles. The highest BCUT2D eigenvalue weighted by atomic mass is 16.3. The van der Waals surface area contributed by atoms with Crippen LogP contribution in [0.15, 0.2) is 24.4 Å². The van der Waals surface area contributed by atoms with Crippen LogP contribution in [-0.2, 0) is 0 Å². The molecule has 2 rings (SSSR count). The Hall–Kier alpha value is -1.65. The van der Waals surface area contributed by atoms with Crippen molar-refractivity contribution in [2.75, 3.05) is 19.7 Å². The predicted octanol–water partition coefficient (Wildman–Crippen LogP) is 0.733. The van der Waals surface area contributed by atoms with Gasteiger partial charge in [0.05, 0.1) is 13.2 Å². The lowest BCUT2D eigenvalue weighted by atomic mass is 10.1. The first-order valence-corrected chi connectivity index (χ1v) is 5.15. The van der Waals surface area contributed by atoms with Gasteiger partial charge in [0, 0.05) is 35.3 Å². The van der Waals surface area contributed by atoms with Crippen LogP contribution >= 0.6 is 0 Å². The van der Waals surface area contributed by atoms with E-state index in [0.717, 1.165) is 10.9 Å². The zero-order valence-electron chi connectivity index (χ0n) is 8.79. The van der Waals surface area contributed by atoms with Gasteiger partial charge in [0.1, 0.15) is 0 Å². The summed E-state index contributed by atoms with van der Waals surface area (Å²) in [6, 6.07) is 8.49. The Bertz CT molecular complexity index is 490. The molecule has 0 aliphatic carbocycles. The number of Topliss-reactive ketones (excluding diaryl/α,β-unsaturated/α-hetero) is 1. The minimum absolute atomic E-state index is 0.0185. The molecule has 1 radical (unpaired) electrons. The molecule has 0 aliphatic rings. The fraction of sp³-hybridized carbons (Fsp3) is 0.250. The fourth-order valence-corrected chi connectivity index (χ4v) is 1.54. The van der Waals surface area contributed by atoms with Gasteiger partial charge in [-0.15, -0.1) is 0 Å². The van der Waals surface area contributed by atoms with Gasteiger partial charge < -0.3 is 15.4 Å². The summed E-state index contributed by atoms with van der Waals surface area (Å²) in [4.78, 5) is 14.7. The third-order valence-corrected chi connectivity index (χ3v) is 2.37. The number of nitrogens with one attached hydrogen (secondary N) is 2. The van der Waals surface area contributed by atoms with E-state index in [-0.39, 0.29) is 18.9 Å². The summed E-state index contributed by atoms with van der Waals surface area (Å²) in [6.07, 6.45) is 1.73. The van der Waals surface area contributed by atoms with E-state index in [1.807, 2.05) is 12.1 Å². The second-order valence-electron chi connectivity index (χ2n) is 3.52. The Labute approximate surface area is 93.3 Å². The number of ketones is 1. The summed E-state index contributed by atoms with van der Waals surface area (Å²) < 4.78 is 0. The summed E-state index contributed by atoms with van der Waals surface area (Å²) in [5.41, 5.74) is 1.57. The average molecular weight is 217 g/mol. The monoisotopic (exact) mass is 217 g/mol. The number of aromatic nitrogens is 1. The molecule has 0 unspecified atom stereocenters. The smallest absolute Gasteiger partial charge is 0.176 e. The minimum Gasteiger partial charge on any atom is -0.395 e. The Morgan fingerprint density at radius 3 is 3.19 bits per heavy atom. The molecule has 2 aromatic rings. The highest BCUT2D eigenvalue weighted by Gasteiger charge is 2.06. The van der Waals surface area contributed by atoms with Gasteiger partial charge in [-0.1, -0.05) is 12.1 Å². The Balaban J connectivity index is 2.10. The zero-order chi connectivity index (χ0) is 11.4. The maximum Gasteiger partial charge on any atom is 0.176 e. The van der Waals surface area contributed by atoms with Gasteiger partial charge in [0.15, 0.2) is 5.78 Å². The minimum atomic E-state index is 0.0185. The van der Waals surface area contributed by atoms with E-state index in [1.165, 1.54) is 0 Å². The number of carbonyl (C=O) groups excluding carboxylic acids is 1. The van der Waals surface area contributed by atoms with Gasteiger partial charge in [-0.2, -0.15) is 0 Å². The van der Waals surface area contributed by atoms with E-state index in [4.69, 9.17) is 5.11 Å². The Morgan fingerprint density at radius 2 is 2.38 bits per heavy atom. The number of hydrogen-bond donors (Lipinski definition) is 3. The van der Waals surface area contributed by atoms with Crippen molar-refractivity contribution in [3.8, 4) is 0 Å². The molecule has 0 bridgehead atoms. The van der Waals surface area contributed by atoms with E-state index >= 15 is 0 Å². The van der Waals surface area contributed by atoms with Gasteiger partial charge in [-0.3, -0.25) is 4.79 Å². The second kappa shape index (κ2) is 4.92. The molecule has 0 spiro atoms. The number of aliphatic hydroxyl groups excluding tert-OH is 1. The van der Waals surface area contributed by atoms with Crippen LogP contribution in [0.1, 0.15) is 10.4 Å². The lowest BCUT2D eigenvalue weighted by molar-refractivity contribution is 0.0990. The molecule has 0 saturated heterocycles. The molecule has 0 fully saturated rings. The Kier molecular flexibility index (Phi) is 3.34. The average Bonchev–Trinajstić information content (AvgIpc) is 2.76. The quantitative estimate of drug-likeness (QED) is 0.511. The molecule has 0 saturated carbocycles. The van der Waals surface area contributed by atoms with Crippen molar-refractivity contribution in [3.63, 3.8) is 0 Å². The summed E-state index contributed by atoms with van der Waals surface area (Å²) in [6.45, 7) is 0.721. The molecule has 1 heterocycles. The van der Waals surface area contributed by atoms with Gasteiger partial charge in [-0.25, -0.2) is 0 Å². The standard InChI is InChI=1S/C12H13N2O2/c15-6-5-13-8-12(16)10-2-1-9-3-4-14-11(9)7-10/h1-2,4,7,13-15H,5-6,8H2. The number of carbonyl (C=O) groups is 1. The number of fused-ring (bicyclic) bond motifs is 1. The number of hydrogen-bond acceptors (Lipinski definition) is 3. The number of H-pyrrole nitrogens is 1. The molecule has 16 heavy (non-hydrogen) atoms. The number of aliphatic hydroxyl groups is 1. The molecule has 0 atom stereocenters. The van der Waals surface area contributed by atoms with Crippen LogP contribution in [0.3, 0.4) is 0 Å². The zero-order valence-corrected chi connectivity index (χ0v) is 8.79. The van der Waals surface area contributed by atoms with Gasteiger partial charge in [0.25, 0.3) is 0 Å². The largest absolute Gasteiger partial charge is 0.395 e. The lowest BCUT2D eigenvalue weighted by Crippen LogP contribution is -2.25. The number of benzene rings is 1. The third kappa shape index (κ3) is 2.29. The van der Waals surface area contributed by atoms with Crippen molar-refractivity contribution in [1.29, 1.82) is 0 Å². The first kappa shape index (κ1) is 10.9. The maximum atomic E-state index is 11.7. The fourth-order valence-electron chi connectivity index (χ4n) is 1.54. The van der Waals surface area contributed by atoms with Crippen molar-refractivity contribution < 1.29 is 9.90 Å². The molecule has 4 heteroatoms. The summed E-state index contributed by atoms with van der Waals surface area (Å²) in [5.74, 6) is 0.0185. The molecule has 0 amide bonds. The van der Waals surface area contributed by atoms with E-state index in [1.54, 1.807) is 12.3 Å².